The van der Waals surface area contributed by atoms with E-state index in [-0.39, 0.29) is 11.8 Å². The summed E-state index contributed by atoms with van der Waals surface area (Å²) in [6.07, 6.45) is 5.59. The topological polar surface area (TPSA) is 94.0 Å². The number of hydrogen-bond donors (Lipinski definition) is 1. The number of hydrogen-bond acceptors (Lipinski definition) is 7. The SMILES string of the molecule is COc1ccc2nccc(CCC3(O)CCC(C(=O)N(C)c4ccc5c(c4)OCCO5)CC3)c2n1. The Morgan fingerprint density at radius 1 is 1.14 bits per heavy atom. The summed E-state index contributed by atoms with van der Waals surface area (Å²) in [7, 11) is 3.39. The highest BCUT2D eigenvalue weighted by Gasteiger charge is 2.36. The quantitative estimate of drug-likeness (QED) is 0.575. The summed E-state index contributed by atoms with van der Waals surface area (Å²) in [4.78, 5) is 23.8. The molecule has 1 aliphatic heterocycles. The number of pyridine rings is 2. The van der Waals surface area contributed by atoms with Crippen molar-refractivity contribution in [2.75, 3.05) is 32.3 Å². The molecule has 0 spiro atoms. The third-order valence-corrected chi connectivity index (χ3v) is 7.22. The average Bonchev–Trinajstić information content (AvgIpc) is 2.91. The van der Waals surface area contributed by atoms with Crippen molar-refractivity contribution in [3.63, 3.8) is 0 Å². The molecule has 0 saturated heterocycles. The van der Waals surface area contributed by atoms with Crippen molar-refractivity contribution in [3.05, 3.63) is 48.2 Å². The maximum atomic E-state index is 13.2. The third-order valence-electron chi connectivity index (χ3n) is 7.22. The minimum absolute atomic E-state index is 0.0696. The molecule has 3 aromatic rings. The molecule has 1 saturated carbocycles. The largest absolute Gasteiger partial charge is 0.486 e. The van der Waals surface area contributed by atoms with Crippen LogP contribution in [0, 0.1) is 5.92 Å². The number of amides is 1. The van der Waals surface area contributed by atoms with Gasteiger partial charge in [0.15, 0.2) is 11.5 Å². The van der Waals surface area contributed by atoms with Crippen LogP contribution in [0.2, 0.25) is 0 Å². The molecule has 1 aliphatic carbocycles. The van der Waals surface area contributed by atoms with E-state index < -0.39 is 5.60 Å². The van der Waals surface area contributed by atoms with Gasteiger partial charge in [-0.05, 0) is 68.4 Å². The molecule has 1 amide bonds. The van der Waals surface area contributed by atoms with Crippen LogP contribution in [0.1, 0.15) is 37.7 Å². The molecule has 8 nitrogen and oxygen atoms in total. The van der Waals surface area contributed by atoms with Gasteiger partial charge in [0.25, 0.3) is 0 Å². The molecule has 2 aromatic heterocycles. The van der Waals surface area contributed by atoms with E-state index in [9.17, 15) is 9.90 Å². The number of carbonyl (C=O) groups excluding carboxylic acids is 1. The summed E-state index contributed by atoms with van der Waals surface area (Å²) in [5, 5.41) is 11.3. The molecule has 184 valence electrons. The smallest absolute Gasteiger partial charge is 0.229 e. The predicted octanol–water partition coefficient (Wildman–Crippen LogP) is 3.93. The van der Waals surface area contributed by atoms with Gasteiger partial charge in [-0.25, -0.2) is 4.98 Å². The molecule has 5 rings (SSSR count). The van der Waals surface area contributed by atoms with Crippen LogP contribution >= 0.6 is 0 Å². The second kappa shape index (κ2) is 9.70. The number of carbonyl (C=O) groups is 1. The van der Waals surface area contributed by atoms with E-state index in [4.69, 9.17) is 14.2 Å². The standard InChI is InChI=1S/C27H31N3O5/c1-30(20-3-5-22-23(17-20)35-16-15-34-22)26(31)19-8-12-27(32,13-9-19)11-7-18-10-14-28-21-4-6-24(33-2)29-25(18)21/h3-6,10,14,17,19,32H,7-9,11-13,15-16H2,1-2H3. The van der Waals surface area contributed by atoms with Gasteiger partial charge < -0.3 is 24.2 Å². The second-order valence-corrected chi connectivity index (χ2v) is 9.42. The number of methoxy groups -OCH3 is 1. The van der Waals surface area contributed by atoms with Crippen LogP contribution in [0.15, 0.2) is 42.6 Å². The normalized spacial score (nSPS) is 21.5. The van der Waals surface area contributed by atoms with Gasteiger partial charge in [0, 0.05) is 37.0 Å². The Hall–Kier alpha value is -3.39. The summed E-state index contributed by atoms with van der Waals surface area (Å²) in [5.74, 6) is 1.88. The molecule has 0 unspecified atom stereocenters. The zero-order chi connectivity index (χ0) is 24.4. The van der Waals surface area contributed by atoms with Crippen molar-refractivity contribution in [1.29, 1.82) is 0 Å². The van der Waals surface area contributed by atoms with Crippen LogP contribution in [0.5, 0.6) is 17.4 Å². The molecule has 0 bridgehead atoms. The summed E-state index contributed by atoms with van der Waals surface area (Å²) in [6, 6.07) is 11.2. The fourth-order valence-corrected chi connectivity index (χ4v) is 5.04. The van der Waals surface area contributed by atoms with E-state index in [0.29, 0.717) is 69.1 Å². The lowest BCUT2D eigenvalue weighted by molar-refractivity contribution is -0.125. The first-order chi connectivity index (χ1) is 17.0. The number of rotatable bonds is 6. The predicted molar refractivity (Wildman–Crippen MR) is 132 cm³/mol. The first-order valence-corrected chi connectivity index (χ1v) is 12.1. The van der Waals surface area contributed by atoms with Crippen molar-refractivity contribution in [3.8, 4) is 17.4 Å². The van der Waals surface area contributed by atoms with Crippen molar-refractivity contribution in [2.24, 2.45) is 5.92 Å². The number of aliphatic hydroxyl groups is 1. The highest BCUT2D eigenvalue weighted by molar-refractivity contribution is 5.95. The van der Waals surface area contributed by atoms with E-state index in [1.165, 1.54) is 0 Å². The molecule has 0 atom stereocenters. The Morgan fingerprint density at radius 3 is 2.69 bits per heavy atom. The first-order valence-electron chi connectivity index (χ1n) is 12.1. The number of fused-ring (bicyclic) bond motifs is 2. The number of ether oxygens (including phenoxy) is 3. The van der Waals surface area contributed by atoms with Crippen molar-refractivity contribution >= 4 is 22.6 Å². The number of aryl methyl sites for hydroxylation is 1. The third kappa shape index (κ3) is 4.89. The lowest BCUT2D eigenvalue weighted by Crippen LogP contribution is -2.40. The molecule has 3 heterocycles. The van der Waals surface area contributed by atoms with Crippen LogP contribution in [0.25, 0.3) is 11.0 Å². The van der Waals surface area contributed by atoms with Gasteiger partial charge >= 0.3 is 0 Å². The van der Waals surface area contributed by atoms with Gasteiger partial charge in [0.2, 0.25) is 11.8 Å². The number of nitrogens with zero attached hydrogens (tertiary/aromatic N) is 3. The Kier molecular flexibility index (Phi) is 6.47. The summed E-state index contributed by atoms with van der Waals surface area (Å²) in [5.41, 5.74) is 2.65. The zero-order valence-electron chi connectivity index (χ0n) is 20.2. The van der Waals surface area contributed by atoms with E-state index in [2.05, 4.69) is 9.97 Å². The molecule has 1 N–H and O–H groups in total. The summed E-state index contributed by atoms with van der Waals surface area (Å²) < 4.78 is 16.5. The van der Waals surface area contributed by atoms with Crippen LogP contribution in [0.4, 0.5) is 5.69 Å². The monoisotopic (exact) mass is 477 g/mol. The fraction of sp³-hybridized carbons (Fsp3) is 0.444. The van der Waals surface area contributed by atoms with Gasteiger partial charge in [-0.2, -0.15) is 0 Å². The maximum absolute atomic E-state index is 13.2. The van der Waals surface area contributed by atoms with Crippen LogP contribution < -0.4 is 19.1 Å². The molecular weight excluding hydrogens is 446 g/mol. The minimum atomic E-state index is -0.791. The van der Waals surface area contributed by atoms with E-state index in [1.54, 1.807) is 31.3 Å². The Balaban J connectivity index is 1.20. The van der Waals surface area contributed by atoms with Gasteiger partial charge in [0.1, 0.15) is 13.2 Å². The highest BCUT2D eigenvalue weighted by atomic mass is 16.6. The van der Waals surface area contributed by atoms with Gasteiger partial charge in [-0.3, -0.25) is 9.78 Å². The number of benzene rings is 1. The summed E-state index contributed by atoms with van der Waals surface area (Å²) in [6.45, 7) is 1.04. The Labute approximate surface area is 204 Å². The fourth-order valence-electron chi connectivity index (χ4n) is 5.04. The van der Waals surface area contributed by atoms with Crippen molar-refractivity contribution in [1.82, 2.24) is 9.97 Å². The molecule has 0 radical (unpaired) electrons. The first kappa shape index (κ1) is 23.4. The second-order valence-electron chi connectivity index (χ2n) is 9.42. The zero-order valence-corrected chi connectivity index (χ0v) is 20.2. The average molecular weight is 478 g/mol. The number of aromatic nitrogens is 2. The van der Waals surface area contributed by atoms with Gasteiger partial charge in [-0.15, -0.1) is 0 Å². The minimum Gasteiger partial charge on any atom is -0.486 e. The van der Waals surface area contributed by atoms with Gasteiger partial charge in [-0.1, -0.05) is 0 Å². The molecule has 2 aliphatic rings. The van der Waals surface area contributed by atoms with Crippen molar-refractivity contribution in [2.45, 2.75) is 44.1 Å². The van der Waals surface area contributed by atoms with Gasteiger partial charge in [0.05, 0.1) is 23.7 Å². The Morgan fingerprint density at radius 2 is 1.91 bits per heavy atom. The van der Waals surface area contributed by atoms with Crippen LogP contribution in [0.3, 0.4) is 0 Å². The lowest BCUT2D eigenvalue weighted by Gasteiger charge is -2.37. The highest BCUT2D eigenvalue weighted by Crippen LogP contribution is 2.38. The van der Waals surface area contributed by atoms with E-state index in [1.807, 2.05) is 30.3 Å². The molecule has 35 heavy (non-hydrogen) atoms. The molecule has 1 fully saturated rings. The van der Waals surface area contributed by atoms with E-state index >= 15 is 0 Å². The van der Waals surface area contributed by atoms with Crippen LogP contribution in [-0.2, 0) is 11.2 Å². The number of anilines is 1. The molecule has 1 aromatic carbocycles. The molecule has 8 heteroatoms. The van der Waals surface area contributed by atoms with Crippen LogP contribution in [-0.4, -0.2) is 54.0 Å². The van der Waals surface area contributed by atoms with Crippen molar-refractivity contribution < 1.29 is 24.1 Å². The lowest BCUT2D eigenvalue weighted by atomic mass is 9.75. The Bertz CT molecular complexity index is 1220. The maximum Gasteiger partial charge on any atom is 0.229 e. The van der Waals surface area contributed by atoms with E-state index in [0.717, 1.165) is 22.3 Å². The summed E-state index contributed by atoms with van der Waals surface area (Å²) >= 11 is 0. The molecular formula is C27H31N3O5.